The van der Waals surface area contributed by atoms with E-state index in [1.807, 2.05) is 0 Å². The van der Waals surface area contributed by atoms with Crippen LogP contribution >= 0.6 is 24.8 Å². The van der Waals surface area contributed by atoms with E-state index in [1.165, 1.54) is 43.9 Å². The maximum Gasteiger partial charge on any atom is 0.0178 e. The van der Waals surface area contributed by atoms with Crippen LogP contribution in [0.1, 0.15) is 11.1 Å². The maximum atomic E-state index is 5.59. The summed E-state index contributed by atoms with van der Waals surface area (Å²) in [4.78, 5) is 4.95. The minimum absolute atomic E-state index is 0. The molecule has 110 valence electrons. The van der Waals surface area contributed by atoms with Crippen molar-refractivity contribution in [3.8, 4) is 0 Å². The van der Waals surface area contributed by atoms with Crippen LogP contribution in [0.4, 0.5) is 0 Å². The molecule has 5 heteroatoms. The quantitative estimate of drug-likeness (QED) is 0.920. The SMILES string of the molecule is CN1CCN(CCc2ccc(CN)cc2)CC1.Cl.Cl. The highest BCUT2D eigenvalue weighted by atomic mass is 35.5. The van der Waals surface area contributed by atoms with Crippen molar-refractivity contribution in [2.75, 3.05) is 39.8 Å². The van der Waals surface area contributed by atoms with Crippen LogP contribution in [-0.4, -0.2) is 49.6 Å². The van der Waals surface area contributed by atoms with Gasteiger partial charge in [0, 0.05) is 39.3 Å². The first-order valence-corrected chi connectivity index (χ1v) is 6.47. The summed E-state index contributed by atoms with van der Waals surface area (Å²) in [6, 6.07) is 8.69. The molecule has 1 aliphatic heterocycles. The fourth-order valence-electron chi connectivity index (χ4n) is 2.20. The molecule has 0 aromatic heterocycles. The van der Waals surface area contributed by atoms with Gasteiger partial charge in [0.05, 0.1) is 0 Å². The molecule has 1 aliphatic rings. The van der Waals surface area contributed by atoms with Crippen molar-refractivity contribution < 1.29 is 0 Å². The first-order valence-electron chi connectivity index (χ1n) is 6.47. The number of hydrogen-bond acceptors (Lipinski definition) is 3. The van der Waals surface area contributed by atoms with Crippen LogP contribution in [0.5, 0.6) is 0 Å². The molecule has 0 atom stereocenters. The Bertz CT molecular complexity index is 335. The minimum atomic E-state index is 0. The average Bonchev–Trinajstić information content (AvgIpc) is 2.39. The summed E-state index contributed by atoms with van der Waals surface area (Å²) in [6.45, 7) is 6.63. The lowest BCUT2D eigenvalue weighted by molar-refractivity contribution is 0.155. The van der Waals surface area contributed by atoms with Crippen LogP contribution in [-0.2, 0) is 13.0 Å². The molecule has 0 amide bonds. The molecule has 19 heavy (non-hydrogen) atoms. The molecule has 0 radical (unpaired) electrons. The number of likely N-dealkylation sites (N-methyl/N-ethyl adjacent to an activating group) is 1. The lowest BCUT2D eigenvalue weighted by atomic mass is 10.1. The lowest BCUT2D eigenvalue weighted by Gasteiger charge is -2.32. The normalized spacial score (nSPS) is 16.5. The summed E-state index contributed by atoms with van der Waals surface area (Å²) >= 11 is 0. The van der Waals surface area contributed by atoms with Gasteiger partial charge in [0.1, 0.15) is 0 Å². The largest absolute Gasteiger partial charge is 0.326 e. The first kappa shape index (κ1) is 18.7. The Morgan fingerprint density at radius 1 is 0.947 bits per heavy atom. The molecule has 3 nitrogen and oxygen atoms in total. The van der Waals surface area contributed by atoms with Crippen molar-refractivity contribution in [1.82, 2.24) is 9.80 Å². The number of rotatable bonds is 4. The second-order valence-corrected chi connectivity index (χ2v) is 4.92. The molecule has 1 fully saturated rings. The molecule has 2 N–H and O–H groups in total. The minimum Gasteiger partial charge on any atom is -0.326 e. The summed E-state index contributed by atoms with van der Waals surface area (Å²) in [5, 5.41) is 0. The number of halogens is 2. The summed E-state index contributed by atoms with van der Waals surface area (Å²) in [7, 11) is 2.20. The zero-order chi connectivity index (χ0) is 12.1. The molecule has 0 spiro atoms. The molecular weight excluding hydrogens is 281 g/mol. The van der Waals surface area contributed by atoms with E-state index >= 15 is 0 Å². The van der Waals surface area contributed by atoms with Gasteiger partial charge in [0.25, 0.3) is 0 Å². The molecule has 1 saturated heterocycles. The van der Waals surface area contributed by atoms with Crippen molar-refractivity contribution >= 4 is 24.8 Å². The Hall–Kier alpha value is -0.320. The zero-order valence-electron chi connectivity index (χ0n) is 11.5. The van der Waals surface area contributed by atoms with E-state index in [1.54, 1.807) is 0 Å². The van der Waals surface area contributed by atoms with Gasteiger partial charge in [-0.05, 0) is 24.6 Å². The Morgan fingerprint density at radius 2 is 1.47 bits per heavy atom. The number of piperazine rings is 1. The van der Waals surface area contributed by atoms with Crippen molar-refractivity contribution in [3.05, 3.63) is 35.4 Å². The third-order valence-corrected chi connectivity index (χ3v) is 3.57. The summed E-state index contributed by atoms with van der Waals surface area (Å²) in [5.41, 5.74) is 8.22. The highest BCUT2D eigenvalue weighted by molar-refractivity contribution is 5.85. The standard InChI is InChI=1S/C14H23N3.2ClH/c1-16-8-10-17(11-9-16)7-6-13-2-4-14(12-15)5-3-13;;/h2-5H,6-12,15H2,1H3;2*1H. The van der Waals surface area contributed by atoms with E-state index in [0.717, 1.165) is 6.42 Å². The summed E-state index contributed by atoms with van der Waals surface area (Å²) < 4.78 is 0. The molecular formula is C14H25Cl2N3. The summed E-state index contributed by atoms with van der Waals surface area (Å²) in [5.74, 6) is 0. The molecule has 0 saturated carbocycles. The fourth-order valence-corrected chi connectivity index (χ4v) is 2.20. The molecule has 1 aromatic carbocycles. The van der Waals surface area contributed by atoms with Crippen LogP contribution in [0.2, 0.25) is 0 Å². The third kappa shape index (κ3) is 6.11. The number of hydrogen-bond donors (Lipinski definition) is 1. The Balaban J connectivity index is 0.00000162. The van der Waals surface area contributed by atoms with Crippen LogP contribution in [0.3, 0.4) is 0 Å². The number of benzene rings is 1. The number of nitrogens with zero attached hydrogens (tertiary/aromatic N) is 2. The second kappa shape index (κ2) is 9.56. The average molecular weight is 306 g/mol. The molecule has 2 rings (SSSR count). The lowest BCUT2D eigenvalue weighted by Crippen LogP contribution is -2.45. The zero-order valence-corrected chi connectivity index (χ0v) is 13.2. The molecule has 1 aromatic rings. The van der Waals surface area contributed by atoms with Gasteiger partial charge < -0.3 is 15.5 Å². The smallest absolute Gasteiger partial charge is 0.0178 e. The predicted octanol–water partition coefficient (Wildman–Crippen LogP) is 1.78. The van der Waals surface area contributed by atoms with Crippen LogP contribution in [0.25, 0.3) is 0 Å². The topological polar surface area (TPSA) is 32.5 Å². The van der Waals surface area contributed by atoms with Gasteiger partial charge in [-0.1, -0.05) is 24.3 Å². The van der Waals surface area contributed by atoms with Gasteiger partial charge >= 0.3 is 0 Å². The van der Waals surface area contributed by atoms with Gasteiger partial charge in [-0.15, -0.1) is 24.8 Å². The van der Waals surface area contributed by atoms with Crippen molar-refractivity contribution in [3.63, 3.8) is 0 Å². The van der Waals surface area contributed by atoms with E-state index < -0.39 is 0 Å². The second-order valence-electron chi connectivity index (χ2n) is 4.92. The van der Waals surface area contributed by atoms with Gasteiger partial charge in [-0.2, -0.15) is 0 Å². The number of nitrogens with two attached hydrogens (primary N) is 1. The van der Waals surface area contributed by atoms with Crippen LogP contribution < -0.4 is 5.73 Å². The van der Waals surface area contributed by atoms with Gasteiger partial charge in [-0.3, -0.25) is 0 Å². The van der Waals surface area contributed by atoms with Gasteiger partial charge in [0.15, 0.2) is 0 Å². The Kier molecular flexibility index (Phi) is 9.40. The van der Waals surface area contributed by atoms with E-state index in [2.05, 4.69) is 41.1 Å². The molecule has 1 heterocycles. The van der Waals surface area contributed by atoms with Gasteiger partial charge in [-0.25, -0.2) is 0 Å². The highest BCUT2D eigenvalue weighted by Crippen LogP contribution is 2.06. The van der Waals surface area contributed by atoms with E-state index in [9.17, 15) is 0 Å². The van der Waals surface area contributed by atoms with Crippen molar-refractivity contribution in [2.45, 2.75) is 13.0 Å². The fraction of sp³-hybridized carbons (Fsp3) is 0.571. The molecule has 0 bridgehead atoms. The van der Waals surface area contributed by atoms with Gasteiger partial charge in [0.2, 0.25) is 0 Å². The third-order valence-electron chi connectivity index (χ3n) is 3.57. The molecule has 0 aliphatic carbocycles. The van der Waals surface area contributed by atoms with Crippen molar-refractivity contribution in [2.24, 2.45) is 5.73 Å². The highest BCUT2D eigenvalue weighted by Gasteiger charge is 2.12. The summed E-state index contributed by atoms with van der Waals surface area (Å²) in [6.07, 6.45) is 1.15. The van der Waals surface area contributed by atoms with Crippen molar-refractivity contribution in [1.29, 1.82) is 0 Å². The van der Waals surface area contributed by atoms with Crippen LogP contribution in [0.15, 0.2) is 24.3 Å². The monoisotopic (exact) mass is 305 g/mol. The Morgan fingerprint density at radius 3 is 2.00 bits per heavy atom. The first-order chi connectivity index (χ1) is 8.28. The molecule has 0 unspecified atom stereocenters. The van der Waals surface area contributed by atoms with E-state index in [-0.39, 0.29) is 24.8 Å². The predicted molar refractivity (Wildman–Crippen MR) is 86.5 cm³/mol. The van der Waals surface area contributed by atoms with E-state index in [0.29, 0.717) is 6.54 Å². The maximum absolute atomic E-state index is 5.59. The van der Waals surface area contributed by atoms with E-state index in [4.69, 9.17) is 5.73 Å². The Labute approximate surface area is 129 Å². The van der Waals surface area contributed by atoms with Crippen LogP contribution in [0, 0.1) is 0 Å².